The molecule has 0 bridgehead atoms. The van der Waals surface area contributed by atoms with Crippen LogP contribution in [-0.2, 0) is 9.59 Å². The Balaban J connectivity index is 1.62. The highest BCUT2D eigenvalue weighted by Gasteiger charge is 2.35. The minimum Gasteiger partial charge on any atom is -0.353 e. The lowest BCUT2D eigenvalue weighted by Crippen LogP contribution is -2.51. The molecule has 0 aromatic carbocycles. The van der Waals surface area contributed by atoms with Gasteiger partial charge >= 0.3 is 0 Å². The largest absolute Gasteiger partial charge is 0.353 e. The quantitative estimate of drug-likeness (QED) is 0.818. The van der Waals surface area contributed by atoms with Gasteiger partial charge in [0.25, 0.3) is 0 Å². The summed E-state index contributed by atoms with van der Waals surface area (Å²) in [5.74, 6) is 2.09. The first kappa shape index (κ1) is 17.6. The third-order valence-electron chi connectivity index (χ3n) is 4.98. The van der Waals surface area contributed by atoms with E-state index in [9.17, 15) is 9.59 Å². The van der Waals surface area contributed by atoms with Gasteiger partial charge in [0.05, 0.1) is 5.92 Å². The van der Waals surface area contributed by atoms with Crippen molar-refractivity contribution in [1.29, 1.82) is 0 Å². The fourth-order valence-electron chi connectivity index (χ4n) is 3.44. The molecule has 3 heterocycles. The van der Waals surface area contributed by atoms with Gasteiger partial charge in [-0.25, -0.2) is 9.97 Å². The SMILES string of the molecule is Cc1cc(N2CCN(C(=O)C3CC(=O)N(C)C3)CC2)nc(C(C)C)n1. The number of carbonyl (C=O) groups excluding carboxylic acids is 2. The van der Waals surface area contributed by atoms with Crippen molar-refractivity contribution in [3.8, 4) is 0 Å². The monoisotopic (exact) mass is 345 g/mol. The maximum absolute atomic E-state index is 12.6. The lowest BCUT2D eigenvalue weighted by atomic mass is 10.1. The molecule has 3 rings (SSSR count). The van der Waals surface area contributed by atoms with Crippen molar-refractivity contribution in [2.24, 2.45) is 5.92 Å². The molecule has 0 spiro atoms. The van der Waals surface area contributed by atoms with Crippen molar-refractivity contribution in [2.75, 3.05) is 44.7 Å². The van der Waals surface area contributed by atoms with Crippen molar-refractivity contribution in [3.63, 3.8) is 0 Å². The van der Waals surface area contributed by atoms with Crippen molar-refractivity contribution < 1.29 is 9.59 Å². The second-order valence-electron chi connectivity index (χ2n) is 7.37. The summed E-state index contributed by atoms with van der Waals surface area (Å²) in [7, 11) is 1.76. The number of rotatable bonds is 3. The van der Waals surface area contributed by atoms with E-state index in [2.05, 4.69) is 28.7 Å². The summed E-state index contributed by atoms with van der Waals surface area (Å²) in [5.41, 5.74) is 0.972. The lowest BCUT2D eigenvalue weighted by Gasteiger charge is -2.36. The number of piperazine rings is 1. The van der Waals surface area contributed by atoms with Gasteiger partial charge in [0.1, 0.15) is 11.6 Å². The van der Waals surface area contributed by atoms with E-state index in [1.165, 1.54) is 0 Å². The molecule has 0 radical (unpaired) electrons. The van der Waals surface area contributed by atoms with Gasteiger partial charge in [0, 0.05) is 63.9 Å². The summed E-state index contributed by atoms with van der Waals surface area (Å²) in [6.07, 6.45) is 0.346. The normalized spacial score (nSPS) is 21.4. The van der Waals surface area contributed by atoms with E-state index in [1.54, 1.807) is 11.9 Å². The molecule has 2 aliphatic heterocycles. The van der Waals surface area contributed by atoms with Gasteiger partial charge in [-0.3, -0.25) is 9.59 Å². The standard InChI is InChI=1S/C18H27N5O2/c1-12(2)17-19-13(3)9-15(20-17)22-5-7-23(8-6-22)18(25)14-10-16(24)21(4)11-14/h9,12,14H,5-8,10-11H2,1-4H3. The van der Waals surface area contributed by atoms with E-state index >= 15 is 0 Å². The second kappa shape index (κ2) is 6.98. The predicted molar refractivity (Wildman–Crippen MR) is 95.4 cm³/mol. The number of amides is 2. The molecule has 1 aromatic heterocycles. The molecule has 0 N–H and O–H groups in total. The van der Waals surface area contributed by atoms with E-state index in [1.807, 2.05) is 17.9 Å². The Labute approximate surface area is 149 Å². The van der Waals surface area contributed by atoms with Crippen LogP contribution in [0.1, 0.15) is 37.7 Å². The minimum absolute atomic E-state index is 0.0645. The Kier molecular flexibility index (Phi) is 4.92. The van der Waals surface area contributed by atoms with Crippen molar-refractivity contribution in [3.05, 3.63) is 17.6 Å². The predicted octanol–water partition coefficient (Wildman–Crippen LogP) is 1.04. The summed E-state index contributed by atoms with van der Waals surface area (Å²) in [4.78, 5) is 39.2. The van der Waals surface area contributed by atoms with Crippen LogP contribution in [-0.4, -0.2) is 71.4 Å². The Morgan fingerprint density at radius 2 is 1.88 bits per heavy atom. The number of likely N-dealkylation sites (tertiary alicyclic amines) is 1. The van der Waals surface area contributed by atoms with Gasteiger partial charge in [-0.05, 0) is 6.92 Å². The fourth-order valence-corrected chi connectivity index (χ4v) is 3.44. The number of anilines is 1. The molecule has 2 saturated heterocycles. The van der Waals surface area contributed by atoms with Gasteiger partial charge < -0.3 is 14.7 Å². The smallest absolute Gasteiger partial charge is 0.228 e. The average Bonchev–Trinajstić information content (AvgIpc) is 2.93. The number of hydrogen-bond donors (Lipinski definition) is 0. The van der Waals surface area contributed by atoms with Crippen LogP contribution in [0.2, 0.25) is 0 Å². The molecule has 25 heavy (non-hydrogen) atoms. The van der Waals surface area contributed by atoms with Gasteiger partial charge in [-0.1, -0.05) is 13.8 Å². The molecule has 2 fully saturated rings. The van der Waals surface area contributed by atoms with Gasteiger partial charge in [0.15, 0.2) is 0 Å². The van der Waals surface area contributed by atoms with Crippen LogP contribution in [0, 0.1) is 12.8 Å². The average molecular weight is 345 g/mol. The van der Waals surface area contributed by atoms with E-state index in [0.717, 1.165) is 30.4 Å². The van der Waals surface area contributed by atoms with Crippen molar-refractivity contribution in [2.45, 2.75) is 33.1 Å². The van der Waals surface area contributed by atoms with E-state index in [0.29, 0.717) is 32.0 Å². The molecule has 0 aliphatic carbocycles. The summed E-state index contributed by atoms with van der Waals surface area (Å²) in [5, 5.41) is 0. The van der Waals surface area contributed by atoms with E-state index < -0.39 is 0 Å². The number of aromatic nitrogens is 2. The Bertz CT molecular complexity index is 667. The lowest BCUT2D eigenvalue weighted by molar-refractivity contribution is -0.136. The Morgan fingerprint density at radius 3 is 2.44 bits per heavy atom. The topological polar surface area (TPSA) is 69.6 Å². The van der Waals surface area contributed by atoms with Crippen LogP contribution in [0.4, 0.5) is 5.82 Å². The zero-order valence-electron chi connectivity index (χ0n) is 15.5. The molecular weight excluding hydrogens is 318 g/mol. The highest BCUT2D eigenvalue weighted by molar-refractivity contribution is 5.89. The Hall–Kier alpha value is -2.18. The third kappa shape index (κ3) is 3.75. The van der Waals surface area contributed by atoms with Crippen LogP contribution in [0.25, 0.3) is 0 Å². The first-order valence-electron chi connectivity index (χ1n) is 8.98. The molecule has 7 heteroatoms. The van der Waals surface area contributed by atoms with Crippen LogP contribution < -0.4 is 4.90 Å². The zero-order valence-corrected chi connectivity index (χ0v) is 15.5. The maximum atomic E-state index is 12.6. The number of hydrogen-bond acceptors (Lipinski definition) is 5. The molecule has 2 amide bonds. The van der Waals surface area contributed by atoms with Crippen LogP contribution in [0.15, 0.2) is 6.07 Å². The minimum atomic E-state index is -0.183. The molecule has 7 nitrogen and oxygen atoms in total. The fraction of sp³-hybridized carbons (Fsp3) is 0.667. The van der Waals surface area contributed by atoms with Crippen LogP contribution in [0.5, 0.6) is 0 Å². The first-order valence-corrected chi connectivity index (χ1v) is 8.98. The molecule has 1 atom stereocenters. The van der Waals surface area contributed by atoms with E-state index in [4.69, 9.17) is 0 Å². The summed E-state index contributed by atoms with van der Waals surface area (Å²) < 4.78 is 0. The third-order valence-corrected chi connectivity index (χ3v) is 4.98. The van der Waals surface area contributed by atoms with Crippen LogP contribution in [0.3, 0.4) is 0 Å². The summed E-state index contributed by atoms with van der Waals surface area (Å²) in [6, 6.07) is 2.01. The number of nitrogens with zero attached hydrogens (tertiary/aromatic N) is 5. The Morgan fingerprint density at radius 1 is 1.20 bits per heavy atom. The molecule has 136 valence electrons. The zero-order chi connectivity index (χ0) is 18.1. The second-order valence-corrected chi connectivity index (χ2v) is 7.37. The van der Waals surface area contributed by atoms with Gasteiger partial charge in [-0.15, -0.1) is 0 Å². The molecule has 2 aliphatic rings. The summed E-state index contributed by atoms with van der Waals surface area (Å²) in [6.45, 7) is 9.59. The van der Waals surface area contributed by atoms with E-state index in [-0.39, 0.29) is 17.7 Å². The highest BCUT2D eigenvalue weighted by atomic mass is 16.2. The van der Waals surface area contributed by atoms with Crippen LogP contribution >= 0.6 is 0 Å². The maximum Gasteiger partial charge on any atom is 0.228 e. The number of carbonyl (C=O) groups is 2. The summed E-state index contributed by atoms with van der Waals surface area (Å²) >= 11 is 0. The number of aryl methyl sites for hydroxylation is 1. The van der Waals surface area contributed by atoms with Gasteiger partial charge in [0.2, 0.25) is 11.8 Å². The molecule has 1 aromatic rings. The van der Waals surface area contributed by atoms with Crippen molar-refractivity contribution in [1.82, 2.24) is 19.8 Å². The molecule has 0 saturated carbocycles. The van der Waals surface area contributed by atoms with Gasteiger partial charge in [-0.2, -0.15) is 0 Å². The first-order chi connectivity index (χ1) is 11.8. The molecule has 1 unspecified atom stereocenters. The molecular formula is C18H27N5O2. The highest BCUT2D eigenvalue weighted by Crippen LogP contribution is 2.22. The van der Waals surface area contributed by atoms with Crippen molar-refractivity contribution >= 4 is 17.6 Å².